The van der Waals surface area contributed by atoms with Crippen LogP contribution in [0.25, 0.3) is 0 Å². The largest absolute Gasteiger partial charge is 0.478 e. The number of aromatic carboxylic acids is 1. The molecule has 0 bridgehead atoms. The summed E-state index contributed by atoms with van der Waals surface area (Å²) in [6.07, 6.45) is 4.52. The van der Waals surface area contributed by atoms with Crippen LogP contribution in [0.1, 0.15) is 79.9 Å². The lowest BCUT2D eigenvalue weighted by Crippen LogP contribution is -2.50. The summed E-state index contributed by atoms with van der Waals surface area (Å²) in [5.41, 5.74) is 3.38. The van der Waals surface area contributed by atoms with Crippen molar-refractivity contribution in [3.05, 3.63) is 101 Å². The number of anilines is 1. The van der Waals surface area contributed by atoms with Crippen molar-refractivity contribution in [3.63, 3.8) is 0 Å². The quantitative estimate of drug-likeness (QED) is 0.223. The van der Waals surface area contributed by atoms with E-state index in [1.54, 1.807) is 12.1 Å². The van der Waals surface area contributed by atoms with Gasteiger partial charge in [-0.25, -0.2) is 13.6 Å². The molecular formula is C33H40F2N2O3. The van der Waals surface area contributed by atoms with Gasteiger partial charge in [0.1, 0.15) is 11.6 Å². The third-order valence-corrected chi connectivity index (χ3v) is 7.96. The molecule has 0 unspecified atom stereocenters. The summed E-state index contributed by atoms with van der Waals surface area (Å²) in [5, 5.41) is 27.7. The maximum absolute atomic E-state index is 14.0. The number of carbonyl (C=O) groups is 1. The highest BCUT2D eigenvalue weighted by Crippen LogP contribution is 2.38. The Morgan fingerprint density at radius 2 is 1.60 bits per heavy atom. The molecule has 214 valence electrons. The van der Waals surface area contributed by atoms with Gasteiger partial charge in [0.25, 0.3) is 0 Å². The fourth-order valence-electron chi connectivity index (χ4n) is 5.64. The van der Waals surface area contributed by atoms with Gasteiger partial charge < -0.3 is 20.8 Å². The zero-order valence-electron chi connectivity index (χ0n) is 23.5. The van der Waals surface area contributed by atoms with Crippen LogP contribution in [0, 0.1) is 11.6 Å². The van der Waals surface area contributed by atoms with Gasteiger partial charge >= 0.3 is 5.97 Å². The van der Waals surface area contributed by atoms with Crippen molar-refractivity contribution >= 4 is 11.7 Å². The first kappa shape index (κ1) is 29.7. The van der Waals surface area contributed by atoms with E-state index in [1.807, 2.05) is 0 Å². The summed E-state index contributed by atoms with van der Waals surface area (Å²) < 4.78 is 28.0. The standard InChI is InChI=1S/C33H40F2N2O3/c1-32(2,3)24-8-7-9-25(19-24)33(14-5-4-6-15-33)36-21-30(38)29(18-22-16-26(34)20-27(35)17-22)37-28-12-10-23(11-13-28)31(39)40/h7-13,16-17,19-20,29-30,36-38H,4-6,14-15,18,21H2,1-3H3,(H,39,40)/t29-,30+/m0/s1. The molecule has 4 N–H and O–H groups in total. The van der Waals surface area contributed by atoms with Gasteiger partial charge in [-0.1, -0.05) is 64.3 Å². The Labute approximate surface area is 235 Å². The van der Waals surface area contributed by atoms with E-state index < -0.39 is 29.7 Å². The van der Waals surface area contributed by atoms with Crippen molar-refractivity contribution in [3.8, 4) is 0 Å². The lowest BCUT2D eigenvalue weighted by molar-refractivity contribution is 0.0697. The maximum atomic E-state index is 14.0. The van der Waals surface area contributed by atoms with Gasteiger partial charge in [0.2, 0.25) is 0 Å². The van der Waals surface area contributed by atoms with E-state index in [0.29, 0.717) is 11.3 Å². The number of benzene rings is 3. The van der Waals surface area contributed by atoms with E-state index in [4.69, 9.17) is 0 Å². The van der Waals surface area contributed by atoms with Crippen molar-refractivity contribution in [1.82, 2.24) is 5.32 Å². The van der Waals surface area contributed by atoms with Crippen molar-refractivity contribution in [1.29, 1.82) is 0 Å². The number of aliphatic hydroxyl groups is 1. The van der Waals surface area contributed by atoms with Crippen LogP contribution in [0.3, 0.4) is 0 Å². The summed E-state index contributed by atoms with van der Waals surface area (Å²) in [5.74, 6) is -2.38. The van der Waals surface area contributed by atoms with E-state index in [2.05, 4.69) is 55.7 Å². The monoisotopic (exact) mass is 550 g/mol. The first-order chi connectivity index (χ1) is 18.9. The highest BCUT2D eigenvalue weighted by atomic mass is 19.1. The highest BCUT2D eigenvalue weighted by molar-refractivity contribution is 5.88. The summed E-state index contributed by atoms with van der Waals surface area (Å²) in [6.45, 7) is 6.87. The average Bonchev–Trinajstić information content (AvgIpc) is 2.91. The van der Waals surface area contributed by atoms with Crippen molar-refractivity contribution in [2.24, 2.45) is 0 Å². The van der Waals surface area contributed by atoms with Gasteiger partial charge in [-0.15, -0.1) is 0 Å². The molecule has 1 saturated carbocycles. The van der Waals surface area contributed by atoms with Crippen LogP contribution in [0.5, 0.6) is 0 Å². The normalized spacial score (nSPS) is 16.8. The fourth-order valence-corrected chi connectivity index (χ4v) is 5.64. The van der Waals surface area contributed by atoms with Gasteiger partial charge in [-0.2, -0.15) is 0 Å². The number of rotatable bonds is 10. The number of aliphatic hydroxyl groups excluding tert-OH is 1. The zero-order chi connectivity index (χ0) is 28.9. The Bertz CT molecular complexity index is 1280. The Hall–Kier alpha value is -3.29. The molecule has 4 rings (SSSR count). The van der Waals surface area contributed by atoms with Gasteiger partial charge in [0.15, 0.2) is 0 Å². The molecule has 1 aliphatic rings. The lowest BCUT2D eigenvalue weighted by Gasteiger charge is -2.41. The molecule has 5 nitrogen and oxygen atoms in total. The summed E-state index contributed by atoms with van der Waals surface area (Å²) in [4.78, 5) is 11.3. The Balaban J connectivity index is 1.58. The molecule has 0 amide bonds. The molecule has 3 aromatic rings. The molecule has 7 heteroatoms. The van der Waals surface area contributed by atoms with E-state index >= 15 is 0 Å². The molecule has 1 aliphatic carbocycles. The topological polar surface area (TPSA) is 81.6 Å². The molecular weight excluding hydrogens is 510 g/mol. The number of carboxylic acids is 1. The van der Waals surface area contributed by atoms with Crippen LogP contribution >= 0.6 is 0 Å². The zero-order valence-corrected chi connectivity index (χ0v) is 23.5. The van der Waals surface area contributed by atoms with E-state index in [1.165, 1.54) is 41.8 Å². The fraction of sp³-hybridized carbons (Fsp3) is 0.424. The second-order valence-electron chi connectivity index (χ2n) is 12.0. The van der Waals surface area contributed by atoms with Gasteiger partial charge in [0, 0.05) is 23.8 Å². The van der Waals surface area contributed by atoms with Crippen LogP contribution in [-0.2, 0) is 17.4 Å². The van der Waals surface area contributed by atoms with Crippen molar-refractivity contribution < 1.29 is 23.8 Å². The Kier molecular flexibility index (Phi) is 9.26. The molecule has 0 spiro atoms. The Morgan fingerprint density at radius 1 is 0.950 bits per heavy atom. The van der Waals surface area contributed by atoms with E-state index in [9.17, 15) is 23.8 Å². The molecule has 40 heavy (non-hydrogen) atoms. The smallest absolute Gasteiger partial charge is 0.335 e. The van der Waals surface area contributed by atoms with Gasteiger partial charge in [-0.05, 0) is 77.8 Å². The minimum atomic E-state index is -1.03. The predicted octanol–water partition coefficient (Wildman–Crippen LogP) is 6.79. The van der Waals surface area contributed by atoms with Crippen LogP contribution in [0.2, 0.25) is 0 Å². The van der Waals surface area contributed by atoms with Crippen molar-refractivity contribution in [2.75, 3.05) is 11.9 Å². The van der Waals surface area contributed by atoms with Crippen LogP contribution in [-0.4, -0.2) is 34.9 Å². The van der Waals surface area contributed by atoms with Crippen LogP contribution in [0.4, 0.5) is 14.5 Å². The number of hydrogen-bond donors (Lipinski definition) is 4. The number of nitrogens with one attached hydrogen (secondary N) is 2. The van der Waals surface area contributed by atoms with E-state index in [-0.39, 0.29) is 29.5 Å². The second kappa shape index (κ2) is 12.5. The third-order valence-electron chi connectivity index (χ3n) is 7.96. The SMILES string of the molecule is CC(C)(C)c1cccc(C2(NC[C@@H](O)[C@H](Cc3cc(F)cc(F)c3)Nc3ccc(C(=O)O)cc3)CCCCC2)c1. The first-order valence-electron chi connectivity index (χ1n) is 14.0. The molecule has 0 heterocycles. The average molecular weight is 551 g/mol. The summed E-state index contributed by atoms with van der Waals surface area (Å²) >= 11 is 0. The minimum absolute atomic E-state index is 0.0107. The lowest BCUT2D eigenvalue weighted by atomic mass is 9.74. The van der Waals surface area contributed by atoms with E-state index in [0.717, 1.165) is 31.7 Å². The second-order valence-corrected chi connectivity index (χ2v) is 12.0. The molecule has 0 aromatic heterocycles. The number of hydrogen-bond acceptors (Lipinski definition) is 4. The Morgan fingerprint density at radius 3 is 2.20 bits per heavy atom. The molecule has 1 fully saturated rings. The van der Waals surface area contributed by atoms with Crippen LogP contribution < -0.4 is 10.6 Å². The summed E-state index contributed by atoms with van der Waals surface area (Å²) in [6, 6.07) is 17.7. The molecule has 0 saturated heterocycles. The van der Waals surface area contributed by atoms with Gasteiger partial charge in [0.05, 0.1) is 17.7 Å². The molecule has 0 radical (unpaired) electrons. The predicted molar refractivity (Wildman–Crippen MR) is 155 cm³/mol. The third kappa shape index (κ3) is 7.46. The molecule has 3 aromatic carbocycles. The first-order valence-corrected chi connectivity index (χ1v) is 14.0. The highest BCUT2D eigenvalue weighted by Gasteiger charge is 2.35. The minimum Gasteiger partial charge on any atom is -0.478 e. The number of carboxylic acid groups (broad SMARTS) is 1. The molecule has 0 aliphatic heterocycles. The van der Waals surface area contributed by atoms with Crippen LogP contribution in [0.15, 0.2) is 66.7 Å². The molecule has 2 atom stereocenters. The van der Waals surface area contributed by atoms with Crippen molar-refractivity contribution in [2.45, 2.75) is 82.4 Å². The maximum Gasteiger partial charge on any atom is 0.335 e. The summed E-state index contributed by atoms with van der Waals surface area (Å²) in [7, 11) is 0. The van der Waals surface area contributed by atoms with Gasteiger partial charge in [-0.3, -0.25) is 0 Å². The number of halogens is 2.